The van der Waals surface area contributed by atoms with Crippen LogP contribution in [0.3, 0.4) is 0 Å². The third-order valence-corrected chi connectivity index (χ3v) is 2.37. The van der Waals surface area contributed by atoms with E-state index >= 15 is 0 Å². The molecule has 13 heavy (non-hydrogen) atoms. The zero-order valence-electron chi connectivity index (χ0n) is 6.37. The van der Waals surface area contributed by atoms with Gasteiger partial charge in [-0.05, 0) is 12.1 Å². The Morgan fingerprint density at radius 1 is 1.54 bits per heavy atom. The quantitative estimate of drug-likeness (QED) is 0.747. The van der Waals surface area contributed by atoms with Crippen molar-refractivity contribution in [1.29, 1.82) is 0 Å². The first-order valence-corrected chi connectivity index (χ1v) is 4.49. The van der Waals surface area contributed by atoms with Crippen molar-refractivity contribution in [2.24, 2.45) is 0 Å². The molecule has 0 unspecified atom stereocenters. The van der Waals surface area contributed by atoms with Crippen molar-refractivity contribution in [3.63, 3.8) is 0 Å². The van der Waals surface area contributed by atoms with Gasteiger partial charge < -0.3 is 5.73 Å². The average molecular weight is 218 g/mol. The van der Waals surface area contributed by atoms with Gasteiger partial charge in [0, 0.05) is 11.1 Å². The first-order valence-electron chi connectivity index (χ1n) is 3.44. The minimum Gasteiger partial charge on any atom is -0.399 e. The van der Waals surface area contributed by atoms with Crippen LogP contribution in [0, 0.1) is 0 Å². The monoisotopic (exact) mass is 217 g/mol. The Kier molecular flexibility index (Phi) is 2.05. The van der Waals surface area contributed by atoms with E-state index in [2.05, 4.69) is 5.10 Å². The van der Waals surface area contributed by atoms with E-state index < -0.39 is 0 Å². The van der Waals surface area contributed by atoms with Crippen molar-refractivity contribution in [2.75, 3.05) is 5.73 Å². The van der Waals surface area contributed by atoms with Gasteiger partial charge in [0.15, 0.2) is 12.3 Å². The minimum absolute atomic E-state index is 0.00527. The van der Waals surface area contributed by atoms with Crippen molar-refractivity contribution in [3.05, 3.63) is 23.4 Å². The summed E-state index contributed by atoms with van der Waals surface area (Å²) in [4.78, 5) is 0. The van der Waals surface area contributed by atoms with Crippen LogP contribution in [0.15, 0.2) is 18.3 Å². The number of nitrogen functional groups attached to an aromatic ring is 1. The molecule has 68 valence electrons. The number of hydrogen-bond acceptors (Lipinski definition) is 3. The number of nitrogens with two attached hydrogens (primary N) is 1. The van der Waals surface area contributed by atoms with Crippen LogP contribution in [0.1, 0.15) is 0 Å². The second kappa shape index (κ2) is 3.08. The average Bonchev–Trinajstić information content (AvgIpc) is 2.47. The molecule has 0 atom stereocenters. The molecule has 0 saturated heterocycles. The first-order chi connectivity index (χ1) is 6.22. The molecular weight excluding hydrogens is 213 g/mol. The van der Waals surface area contributed by atoms with E-state index in [4.69, 9.17) is 17.3 Å². The fourth-order valence-electron chi connectivity index (χ4n) is 1.17. The molecule has 1 aromatic heterocycles. The Morgan fingerprint density at radius 3 is 3.00 bits per heavy atom. The first kappa shape index (κ1) is 8.65. The predicted molar refractivity (Wildman–Crippen MR) is 53.3 cm³/mol. The number of rotatable bonds is 1. The lowest BCUT2D eigenvalue weighted by Crippen LogP contribution is -1.88. The molecule has 6 heteroatoms. The Labute approximate surface area is 83.1 Å². The van der Waals surface area contributed by atoms with Gasteiger partial charge in [0.05, 0.1) is 11.2 Å². The van der Waals surface area contributed by atoms with Crippen LogP contribution in [-0.2, 0) is 0 Å². The van der Waals surface area contributed by atoms with Gasteiger partial charge in [0.2, 0.25) is 0 Å². The van der Waals surface area contributed by atoms with Crippen LogP contribution in [-0.4, -0.2) is 9.19 Å². The van der Waals surface area contributed by atoms with E-state index in [9.17, 15) is 3.89 Å². The van der Waals surface area contributed by atoms with Crippen LogP contribution in [0.2, 0.25) is 5.02 Å². The normalized spacial score (nSPS) is 10.9. The molecule has 3 nitrogen and oxygen atoms in total. The molecule has 0 aliphatic carbocycles. The largest absolute Gasteiger partial charge is 0.399 e. The Bertz CT molecular complexity index is 456. The predicted octanol–water partition coefficient (Wildman–Crippen LogP) is 2.65. The van der Waals surface area contributed by atoms with E-state index in [-0.39, 0.29) is 12.3 Å². The standard InChI is InChI=1S/C7H5ClFN3S/c8-6-2-5(10)1-4-3-11-12(13-9)7(4)6/h1-3H,10H2. The summed E-state index contributed by atoms with van der Waals surface area (Å²) in [5.74, 6) is 0. The van der Waals surface area contributed by atoms with Gasteiger partial charge in [0.25, 0.3) is 0 Å². The molecule has 1 heterocycles. The Hall–Kier alpha value is -0.940. The summed E-state index contributed by atoms with van der Waals surface area (Å²) in [5, 5.41) is 4.91. The zero-order valence-corrected chi connectivity index (χ0v) is 7.94. The molecule has 0 fully saturated rings. The topological polar surface area (TPSA) is 43.8 Å². The molecule has 1 aromatic carbocycles. The molecule has 0 bridgehead atoms. The van der Waals surface area contributed by atoms with Crippen LogP contribution < -0.4 is 5.73 Å². The highest BCUT2D eigenvalue weighted by Crippen LogP contribution is 2.28. The van der Waals surface area contributed by atoms with Gasteiger partial charge >= 0.3 is 0 Å². The second-order valence-corrected chi connectivity index (χ2v) is 3.42. The summed E-state index contributed by atoms with van der Waals surface area (Å²) in [6.07, 6.45) is 1.52. The third kappa shape index (κ3) is 1.34. The van der Waals surface area contributed by atoms with E-state index in [1.807, 2.05) is 0 Å². The Balaban J connectivity index is 2.82. The SMILES string of the molecule is Nc1cc(Cl)c2c(cnn2SF)c1. The molecule has 0 radical (unpaired) electrons. The number of aromatic nitrogens is 2. The summed E-state index contributed by atoms with van der Waals surface area (Å²) in [7, 11) is 0. The van der Waals surface area contributed by atoms with Gasteiger partial charge in [-0.25, -0.2) is 0 Å². The maximum absolute atomic E-state index is 12.3. The van der Waals surface area contributed by atoms with E-state index in [0.29, 0.717) is 16.2 Å². The summed E-state index contributed by atoms with van der Waals surface area (Å²) >= 11 is 5.87. The zero-order chi connectivity index (χ0) is 9.42. The fraction of sp³-hybridized carbons (Fsp3) is 0. The molecule has 2 aromatic rings. The summed E-state index contributed by atoms with van der Waals surface area (Å²) in [5.41, 5.74) is 6.64. The molecule has 0 aliphatic heterocycles. The van der Waals surface area contributed by atoms with Gasteiger partial charge in [-0.1, -0.05) is 11.6 Å². The smallest absolute Gasteiger partial charge is 0.188 e. The van der Waals surface area contributed by atoms with Gasteiger partial charge in [-0.2, -0.15) is 9.19 Å². The number of nitrogens with zero attached hydrogens (tertiary/aromatic N) is 2. The highest BCUT2D eigenvalue weighted by Gasteiger charge is 2.08. The summed E-state index contributed by atoms with van der Waals surface area (Å²) in [6.45, 7) is 0. The summed E-state index contributed by atoms with van der Waals surface area (Å²) in [6, 6.07) is 3.26. The molecule has 2 rings (SSSR count). The van der Waals surface area contributed by atoms with Crippen molar-refractivity contribution in [3.8, 4) is 0 Å². The lowest BCUT2D eigenvalue weighted by molar-refractivity contribution is 0.888. The third-order valence-electron chi connectivity index (χ3n) is 1.67. The molecule has 0 spiro atoms. The maximum atomic E-state index is 12.3. The highest BCUT2D eigenvalue weighted by molar-refractivity contribution is 7.92. The maximum Gasteiger partial charge on any atom is 0.188 e. The van der Waals surface area contributed by atoms with E-state index in [0.717, 1.165) is 9.47 Å². The van der Waals surface area contributed by atoms with E-state index in [1.165, 1.54) is 6.20 Å². The molecule has 0 aliphatic rings. The van der Waals surface area contributed by atoms with Crippen molar-refractivity contribution in [2.45, 2.75) is 0 Å². The van der Waals surface area contributed by atoms with Crippen molar-refractivity contribution in [1.82, 2.24) is 9.19 Å². The fourth-order valence-corrected chi connectivity index (χ4v) is 1.89. The lowest BCUT2D eigenvalue weighted by atomic mass is 10.2. The number of fused-ring (bicyclic) bond motifs is 1. The van der Waals surface area contributed by atoms with Crippen LogP contribution in [0.5, 0.6) is 0 Å². The second-order valence-electron chi connectivity index (χ2n) is 2.53. The number of anilines is 1. The van der Waals surface area contributed by atoms with Crippen molar-refractivity contribution < 1.29 is 3.89 Å². The molecule has 0 amide bonds. The number of benzene rings is 1. The Morgan fingerprint density at radius 2 is 2.31 bits per heavy atom. The summed E-state index contributed by atoms with van der Waals surface area (Å²) < 4.78 is 13.4. The molecule has 0 saturated carbocycles. The van der Waals surface area contributed by atoms with Gasteiger partial charge in [-0.3, -0.25) is 0 Å². The number of halogens is 2. The van der Waals surface area contributed by atoms with Crippen LogP contribution >= 0.6 is 23.9 Å². The lowest BCUT2D eigenvalue weighted by Gasteiger charge is -1.98. The number of hydrogen-bond donors (Lipinski definition) is 1. The van der Waals surface area contributed by atoms with Crippen molar-refractivity contribution >= 4 is 40.5 Å². The van der Waals surface area contributed by atoms with Crippen LogP contribution in [0.25, 0.3) is 10.9 Å². The van der Waals surface area contributed by atoms with Gasteiger partial charge in [0.1, 0.15) is 5.52 Å². The molecular formula is C7H5ClFN3S. The van der Waals surface area contributed by atoms with E-state index in [1.54, 1.807) is 12.1 Å². The van der Waals surface area contributed by atoms with Crippen LogP contribution in [0.4, 0.5) is 9.57 Å². The van der Waals surface area contributed by atoms with Gasteiger partial charge in [-0.15, -0.1) is 3.89 Å². The molecule has 2 N–H and O–H groups in total. The minimum atomic E-state index is 0.00527. The highest BCUT2D eigenvalue weighted by atomic mass is 35.5.